The van der Waals surface area contributed by atoms with Crippen molar-refractivity contribution >= 4 is 16.8 Å². The molecule has 1 aromatic carbocycles. The molecule has 0 aliphatic carbocycles. The highest BCUT2D eigenvalue weighted by Crippen LogP contribution is 2.35. The second-order valence-electron chi connectivity index (χ2n) is 8.96. The minimum absolute atomic E-state index is 0.0281. The van der Waals surface area contributed by atoms with Crippen LogP contribution in [0.3, 0.4) is 0 Å². The number of fused-ring (bicyclic) bond motifs is 3. The molecule has 4 rings (SSSR count). The van der Waals surface area contributed by atoms with Crippen LogP contribution in [0.5, 0.6) is 0 Å². The van der Waals surface area contributed by atoms with Gasteiger partial charge < -0.3 is 15.0 Å². The van der Waals surface area contributed by atoms with Crippen molar-refractivity contribution in [2.75, 3.05) is 6.54 Å². The number of aliphatic hydroxyl groups excluding tert-OH is 1. The van der Waals surface area contributed by atoms with Gasteiger partial charge >= 0.3 is 0 Å². The number of piperidine rings is 1. The maximum atomic E-state index is 13.1. The number of nitrogens with one attached hydrogen (secondary N) is 1. The van der Waals surface area contributed by atoms with Gasteiger partial charge in [0.2, 0.25) is 0 Å². The molecule has 0 saturated carbocycles. The molecule has 2 fully saturated rings. The van der Waals surface area contributed by atoms with Gasteiger partial charge in [-0.25, -0.2) is 0 Å². The SMILES string of the molecule is CC(O)CN1C2CCC1CC(NC(=O)c1cc3ccccc3n(C(C)C)c1=O)C2. The van der Waals surface area contributed by atoms with Crippen molar-refractivity contribution in [3.63, 3.8) is 0 Å². The fourth-order valence-corrected chi connectivity index (χ4v) is 5.22. The lowest BCUT2D eigenvalue weighted by atomic mass is 9.96. The quantitative estimate of drug-likeness (QED) is 0.814. The highest BCUT2D eigenvalue weighted by molar-refractivity contribution is 5.97. The first-order valence-electron chi connectivity index (χ1n) is 10.7. The second-order valence-corrected chi connectivity index (χ2v) is 8.96. The molecule has 3 heterocycles. The van der Waals surface area contributed by atoms with Crippen LogP contribution in [-0.4, -0.2) is 51.3 Å². The molecule has 156 valence electrons. The fraction of sp³-hybridized carbons (Fsp3) is 0.565. The minimum Gasteiger partial charge on any atom is -0.392 e. The Morgan fingerprint density at radius 3 is 2.45 bits per heavy atom. The molecule has 0 radical (unpaired) electrons. The van der Waals surface area contributed by atoms with Gasteiger partial charge in [0.25, 0.3) is 11.5 Å². The molecule has 2 aliphatic rings. The number of carbonyl (C=O) groups excluding carboxylic acids is 1. The molecule has 0 spiro atoms. The van der Waals surface area contributed by atoms with Crippen LogP contribution in [0.1, 0.15) is 62.9 Å². The van der Waals surface area contributed by atoms with E-state index in [1.807, 2.05) is 45.0 Å². The Morgan fingerprint density at radius 1 is 1.17 bits per heavy atom. The van der Waals surface area contributed by atoms with Crippen LogP contribution in [0.2, 0.25) is 0 Å². The Hall–Kier alpha value is -2.18. The van der Waals surface area contributed by atoms with Crippen molar-refractivity contribution < 1.29 is 9.90 Å². The molecule has 6 nitrogen and oxygen atoms in total. The standard InChI is InChI=1S/C23H31N3O3/c1-14(2)26-21-7-5-4-6-16(21)10-20(23(26)29)22(28)24-17-11-18-8-9-19(12-17)25(18)13-15(3)27/h4-7,10,14-15,17-19,27H,8-9,11-13H2,1-3H3,(H,24,28). The molecule has 3 atom stereocenters. The number of aliphatic hydroxyl groups is 1. The van der Waals surface area contributed by atoms with Crippen LogP contribution in [-0.2, 0) is 0 Å². The summed E-state index contributed by atoms with van der Waals surface area (Å²) in [5.74, 6) is -0.275. The van der Waals surface area contributed by atoms with Gasteiger partial charge in [-0.05, 0) is 64.0 Å². The Bertz CT molecular complexity index is 951. The molecule has 2 N–H and O–H groups in total. The fourth-order valence-electron chi connectivity index (χ4n) is 5.22. The number of hydrogen-bond donors (Lipinski definition) is 2. The molecular formula is C23H31N3O3. The van der Waals surface area contributed by atoms with Crippen LogP contribution in [0.15, 0.2) is 35.1 Å². The summed E-state index contributed by atoms with van der Waals surface area (Å²) in [6.45, 7) is 6.45. The molecule has 2 aliphatic heterocycles. The van der Waals surface area contributed by atoms with Gasteiger partial charge in [0.05, 0.1) is 11.6 Å². The molecule has 6 heteroatoms. The van der Waals surface area contributed by atoms with Crippen LogP contribution in [0, 0.1) is 0 Å². The Balaban J connectivity index is 1.56. The Morgan fingerprint density at radius 2 is 1.83 bits per heavy atom. The zero-order valence-corrected chi connectivity index (χ0v) is 17.5. The maximum absolute atomic E-state index is 13.1. The number of para-hydroxylation sites is 1. The number of rotatable bonds is 5. The molecule has 29 heavy (non-hydrogen) atoms. The maximum Gasteiger partial charge on any atom is 0.264 e. The average Bonchev–Trinajstić information content (AvgIpc) is 2.88. The first kappa shape index (κ1) is 20.1. The zero-order valence-electron chi connectivity index (χ0n) is 17.5. The Kier molecular flexibility index (Phi) is 5.49. The van der Waals surface area contributed by atoms with E-state index < -0.39 is 0 Å². The first-order valence-corrected chi connectivity index (χ1v) is 10.7. The molecule has 1 aromatic heterocycles. The van der Waals surface area contributed by atoms with Crippen LogP contribution < -0.4 is 10.9 Å². The van der Waals surface area contributed by atoms with E-state index in [2.05, 4.69) is 10.2 Å². The second kappa shape index (κ2) is 7.92. The van der Waals surface area contributed by atoms with Gasteiger partial charge in [0, 0.05) is 30.7 Å². The molecule has 1 amide bonds. The largest absolute Gasteiger partial charge is 0.392 e. The van der Waals surface area contributed by atoms with Crippen molar-refractivity contribution in [2.45, 2.75) is 76.7 Å². The monoisotopic (exact) mass is 397 g/mol. The number of benzene rings is 1. The van der Waals surface area contributed by atoms with Gasteiger partial charge in [0.1, 0.15) is 5.56 Å². The van der Waals surface area contributed by atoms with E-state index in [4.69, 9.17) is 0 Å². The molecule has 2 bridgehead atoms. The van der Waals surface area contributed by atoms with Crippen LogP contribution >= 0.6 is 0 Å². The highest BCUT2D eigenvalue weighted by atomic mass is 16.3. The first-order chi connectivity index (χ1) is 13.8. The number of aromatic nitrogens is 1. The molecule has 3 unspecified atom stereocenters. The zero-order chi connectivity index (χ0) is 20.7. The van der Waals surface area contributed by atoms with Crippen LogP contribution in [0.4, 0.5) is 0 Å². The number of amides is 1. The van der Waals surface area contributed by atoms with Gasteiger partial charge in [0.15, 0.2) is 0 Å². The van der Waals surface area contributed by atoms with Gasteiger partial charge in [-0.15, -0.1) is 0 Å². The predicted molar refractivity (Wildman–Crippen MR) is 114 cm³/mol. The third-order valence-electron chi connectivity index (χ3n) is 6.40. The number of nitrogens with zero attached hydrogens (tertiary/aromatic N) is 2. The Labute approximate surface area is 171 Å². The van der Waals surface area contributed by atoms with Crippen LogP contribution in [0.25, 0.3) is 10.9 Å². The topological polar surface area (TPSA) is 74.6 Å². The molecule has 2 aromatic rings. The summed E-state index contributed by atoms with van der Waals surface area (Å²) >= 11 is 0. The van der Waals surface area contributed by atoms with Crippen molar-refractivity contribution in [3.8, 4) is 0 Å². The van der Waals surface area contributed by atoms with E-state index in [0.29, 0.717) is 18.6 Å². The number of carbonyl (C=O) groups is 1. The summed E-state index contributed by atoms with van der Waals surface area (Å²) < 4.78 is 1.71. The lowest BCUT2D eigenvalue weighted by Gasteiger charge is -2.39. The lowest BCUT2D eigenvalue weighted by molar-refractivity contribution is 0.0570. The van der Waals surface area contributed by atoms with Crippen molar-refractivity contribution in [1.29, 1.82) is 0 Å². The summed E-state index contributed by atoms with van der Waals surface area (Å²) in [4.78, 5) is 28.6. The molecule has 2 saturated heterocycles. The van der Waals surface area contributed by atoms with E-state index in [1.54, 1.807) is 10.6 Å². The smallest absolute Gasteiger partial charge is 0.264 e. The highest BCUT2D eigenvalue weighted by Gasteiger charge is 2.41. The van der Waals surface area contributed by atoms with Crippen molar-refractivity contribution in [2.24, 2.45) is 0 Å². The van der Waals surface area contributed by atoms with E-state index in [9.17, 15) is 14.7 Å². The van der Waals surface area contributed by atoms with Gasteiger partial charge in [-0.2, -0.15) is 0 Å². The van der Waals surface area contributed by atoms with Crippen molar-refractivity contribution in [3.05, 3.63) is 46.2 Å². The van der Waals surface area contributed by atoms with E-state index in [1.165, 1.54) is 0 Å². The van der Waals surface area contributed by atoms with E-state index >= 15 is 0 Å². The lowest BCUT2D eigenvalue weighted by Crippen LogP contribution is -2.52. The summed E-state index contributed by atoms with van der Waals surface area (Å²) in [5.41, 5.74) is 0.843. The van der Waals surface area contributed by atoms with Gasteiger partial charge in [-0.1, -0.05) is 18.2 Å². The predicted octanol–water partition coefficient (Wildman–Crippen LogP) is 2.69. The third-order valence-corrected chi connectivity index (χ3v) is 6.40. The minimum atomic E-state index is -0.337. The summed E-state index contributed by atoms with van der Waals surface area (Å²) in [7, 11) is 0. The number of hydrogen-bond acceptors (Lipinski definition) is 4. The van der Waals surface area contributed by atoms with Crippen molar-refractivity contribution in [1.82, 2.24) is 14.8 Å². The normalized spacial score (nSPS) is 25.5. The van der Waals surface area contributed by atoms with Gasteiger partial charge in [-0.3, -0.25) is 14.5 Å². The third kappa shape index (κ3) is 3.83. The summed E-state index contributed by atoms with van der Waals surface area (Å²) in [6.07, 6.45) is 3.64. The van der Waals surface area contributed by atoms with E-state index in [-0.39, 0.29) is 35.2 Å². The van der Waals surface area contributed by atoms with E-state index in [0.717, 1.165) is 36.6 Å². The average molecular weight is 398 g/mol. The summed E-state index contributed by atoms with van der Waals surface area (Å²) in [6, 6.07) is 10.3. The molecular weight excluding hydrogens is 366 g/mol. The number of pyridine rings is 1. The summed E-state index contributed by atoms with van der Waals surface area (Å²) in [5, 5.41) is 13.8.